The van der Waals surface area contributed by atoms with E-state index in [1.54, 1.807) is 11.1 Å². The zero-order chi connectivity index (χ0) is 13.0. The van der Waals surface area contributed by atoms with Crippen molar-refractivity contribution in [1.29, 1.82) is 0 Å². The maximum absolute atomic E-state index is 6.09. The van der Waals surface area contributed by atoms with Gasteiger partial charge in [-0.3, -0.25) is 0 Å². The Balaban J connectivity index is 1.90. The first-order valence-electron chi connectivity index (χ1n) is 7.80. The summed E-state index contributed by atoms with van der Waals surface area (Å²) in [6.45, 7) is 1.26. The zero-order valence-electron chi connectivity index (χ0n) is 11.9. The molecule has 0 aromatic heterocycles. The maximum atomic E-state index is 6.09. The van der Waals surface area contributed by atoms with Gasteiger partial charge in [0.15, 0.2) is 0 Å². The summed E-state index contributed by atoms with van der Waals surface area (Å²) in [5.41, 5.74) is 10.7. The van der Waals surface area contributed by atoms with Crippen molar-refractivity contribution in [1.82, 2.24) is 4.90 Å². The highest BCUT2D eigenvalue weighted by Crippen LogP contribution is 2.55. The van der Waals surface area contributed by atoms with Crippen LogP contribution in [0.5, 0.6) is 0 Å². The number of nitrogen functional groups attached to an aromatic ring is 1. The number of piperidine rings is 1. The summed E-state index contributed by atoms with van der Waals surface area (Å²) in [4.78, 5) is 2.62. The summed E-state index contributed by atoms with van der Waals surface area (Å²) in [5, 5.41) is 0. The number of hydrogen-bond acceptors (Lipinski definition) is 2. The van der Waals surface area contributed by atoms with Gasteiger partial charge in [-0.05, 0) is 68.5 Å². The predicted octanol–water partition coefficient (Wildman–Crippen LogP) is 2.96. The fourth-order valence-electron chi connectivity index (χ4n) is 5.21. The van der Waals surface area contributed by atoms with Crippen LogP contribution in [0.3, 0.4) is 0 Å². The van der Waals surface area contributed by atoms with E-state index in [1.807, 2.05) is 0 Å². The van der Waals surface area contributed by atoms with Gasteiger partial charge in [-0.1, -0.05) is 18.9 Å². The van der Waals surface area contributed by atoms with E-state index in [4.69, 9.17) is 5.73 Å². The number of benzene rings is 1. The van der Waals surface area contributed by atoms with E-state index >= 15 is 0 Å². The molecule has 4 rings (SSSR count). The van der Waals surface area contributed by atoms with Gasteiger partial charge in [0.2, 0.25) is 0 Å². The standard InChI is InChI=1S/C17H24N2/c1-19-9-8-17-7-3-2-4-14(17)16(19)10-12-5-6-13(18)11-15(12)17/h5-6,11,14,16H,2-4,7-10,18H2,1H3/t14-,16-,17-/m1/s1. The van der Waals surface area contributed by atoms with Crippen LogP contribution >= 0.6 is 0 Å². The third kappa shape index (κ3) is 1.53. The average molecular weight is 256 g/mol. The summed E-state index contributed by atoms with van der Waals surface area (Å²) >= 11 is 0. The number of nitrogens with zero attached hydrogens (tertiary/aromatic N) is 1. The predicted molar refractivity (Wildman–Crippen MR) is 79.2 cm³/mol. The van der Waals surface area contributed by atoms with Gasteiger partial charge in [0.1, 0.15) is 0 Å². The number of likely N-dealkylation sites (tertiary alicyclic amines) is 1. The lowest BCUT2D eigenvalue weighted by molar-refractivity contribution is 0.00291. The van der Waals surface area contributed by atoms with Crippen molar-refractivity contribution in [2.45, 2.75) is 50.0 Å². The van der Waals surface area contributed by atoms with Crippen molar-refractivity contribution in [2.24, 2.45) is 5.92 Å². The topological polar surface area (TPSA) is 29.3 Å². The third-order valence-corrected chi connectivity index (χ3v) is 6.14. The van der Waals surface area contributed by atoms with E-state index in [9.17, 15) is 0 Å². The molecular formula is C17H24N2. The molecule has 102 valence electrons. The average Bonchev–Trinajstić information content (AvgIpc) is 2.43. The molecule has 2 heteroatoms. The first kappa shape index (κ1) is 11.8. The van der Waals surface area contributed by atoms with Crippen LogP contribution in [-0.4, -0.2) is 24.5 Å². The molecule has 1 aromatic rings. The number of likely N-dealkylation sites (N-methyl/N-ethyl adjacent to an activating group) is 1. The van der Waals surface area contributed by atoms with E-state index in [0.29, 0.717) is 5.41 Å². The van der Waals surface area contributed by atoms with Gasteiger partial charge >= 0.3 is 0 Å². The Morgan fingerprint density at radius 1 is 1.26 bits per heavy atom. The minimum Gasteiger partial charge on any atom is -0.399 e. The van der Waals surface area contributed by atoms with Crippen LogP contribution in [0.15, 0.2) is 18.2 Å². The normalized spacial score (nSPS) is 37.5. The maximum Gasteiger partial charge on any atom is 0.0317 e. The van der Waals surface area contributed by atoms with Gasteiger partial charge < -0.3 is 10.6 Å². The molecule has 2 N–H and O–H groups in total. The molecule has 0 amide bonds. The molecule has 2 nitrogen and oxygen atoms in total. The second kappa shape index (κ2) is 3.99. The van der Waals surface area contributed by atoms with Crippen molar-refractivity contribution < 1.29 is 0 Å². The van der Waals surface area contributed by atoms with Gasteiger partial charge in [0.25, 0.3) is 0 Å². The van der Waals surface area contributed by atoms with Gasteiger partial charge in [-0.15, -0.1) is 0 Å². The van der Waals surface area contributed by atoms with E-state index in [1.165, 1.54) is 45.1 Å². The number of rotatable bonds is 0. The SMILES string of the molecule is CN1CC[C@]23CCCC[C@@H]2[C@H]1Cc1ccc(N)cc13. The fraction of sp³-hybridized carbons (Fsp3) is 0.647. The van der Waals surface area contributed by atoms with Crippen molar-refractivity contribution in [3.8, 4) is 0 Å². The summed E-state index contributed by atoms with van der Waals surface area (Å²) < 4.78 is 0. The molecular weight excluding hydrogens is 232 g/mol. The molecule has 1 aliphatic heterocycles. The molecule has 1 aromatic carbocycles. The Morgan fingerprint density at radius 2 is 2.16 bits per heavy atom. The lowest BCUT2D eigenvalue weighted by atomic mass is 9.52. The number of nitrogens with two attached hydrogens (primary N) is 1. The van der Waals surface area contributed by atoms with Gasteiger partial charge in [-0.2, -0.15) is 0 Å². The van der Waals surface area contributed by atoms with Gasteiger partial charge in [-0.25, -0.2) is 0 Å². The molecule has 3 aliphatic rings. The number of hydrogen-bond donors (Lipinski definition) is 1. The molecule has 1 saturated carbocycles. The summed E-state index contributed by atoms with van der Waals surface area (Å²) in [6, 6.07) is 7.46. The smallest absolute Gasteiger partial charge is 0.0317 e. The Labute approximate surface area is 116 Å². The second-order valence-electron chi connectivity index (χ2n) is 6.93. The van der Waals surface area contributed by atoms with Crippen molar-refractivity contribution in [3.63, 3.8) is 0 Å². The molecule has 3 atom stereocenters. The molecule has 0 spiro atoms. The zero-order valence-corrected chi connectivity index (χ0v) is 11.9. The number of anilines is 1. The molecule has 0 unspecified atom stereocenters. The first-order valence-corrected chi connectivity index (χ1v) is 7.80. The van der Waals surface area contributed by atoms with Crippen LogP contribution in [0.4, 0.5) is 5.69 Å². The van der Waals surface area contributed by atoms with Crippen LogP contribution in [0.1, 0.15) is 43.2 Å². The monoisotopic (exact) mass is 256 g/mol. The van der Waals surface area contributed by atoms with Crippen molar-refractivity contribution in [2.75, 3.05) is 19.3 Å². The minimum atomic E-state index is 0.457. The van der Waals surface area contributed by atoms with E-state index < -0.39 is 0 Å². The molecule has 1 saturated heterocycles. The molecule has 1 heterocycles. The highest BCUT2D eigenvalue weighted by molar-refractivity contribution is 5.51. The Bertz CT molecular complexity index is 510. The van der Waals surface area contributed by atoms with Gasteiger partial charge in [0.05, 0.1) is 0 Å². The third-order valence-electron chi connectivity index (χ3n) is 6.14. The summed E-state index contributed by atoms with van der Waals surface area (Å²) in [6.07, 6.45) is 8.21. The molecule has 19 heavy (non-hydrogen) atoms. The van der Waals surface area contributed by atoms with E-state index in [2.05, 4.69) is 30.1 Å². The highest BCUT2D eigenvalue weighted by Gasteiger charge is 2.52. The van der Waals surface area contributed by atoms with Crippen LogP contribution in [0, 0.1) is 5.92 Å². The largest absolute Gasteiger partial charge is 0.399 e. The van der Waals surface area contributed by atoms with Crippen molar-refractivity contribution in [3.05, 3.63) is 29.3 Å². The number of fused-ring (bicyclic) bond motifs is 1. The Morgan fingerprint density at radius 3 is 3.05 bits per heavy atom. The molecule has 2 fully saturated rings. The van der Waals surface area contributed by atoms with Crippen molar-refractivity contribution >= 4 is 5.69 Å². The lowest BCUT2D eigenvalue weighted by Gasteiger charge is -2.58. The summed E-state index contributed by atoms with van der Waals surface area (Å²) in [5.74, 6) is 0.870. The molecule has 0 radical (unpaired) electrons. The fourth-order valence-corrected chi connectivity index (χ4v) is 5.21. The lowest BCUT2D eigenvalue weighted by Crippen LogP contribution is -2.59. The van der Waals surface area contributed by atoms with Crippen LogP contribution < -0.4 is 5.73 Å². The van der Waals surface area contributed by atoms with E-state index in [0.717, 1.165) is 17.6 Å². The van der Waals surface area contributed by atoms with Gasteiger partial charge in [0, 0.05) is 17.1 Å². The minimum absolute atomic E-state index is 0.457. The van der Waals surface area contributed by atoms with Crippen LogP contribution in [-0.2, 0) is 11.8 Å². The summed E-state index contributed by atoms with van der Waals surface area (Å²) in [7, 11) is 2.32. The Kier molecular flexibility index (Phi) is 2.47. The quantitative estimate of drug-likeness (QED) is 0.723. The second-order valence-corrected chi connectivity index (χ2v) is 6.93. The first-order chi connectivity index (χ1) is 9.21. The molecule has 2 aliphatic carbocycles. The Hall–Kier alpha value is -1.02. The molecule has 2 bridgehead atoms. The highest BCUT2D eigenvalue weighted by atomic mass is 15.1. The van der Waals surface area contributed by atoms with E-state index in [-0.39, 0.29) is 0 Å². The van der Waals surface area contributed by atoms with Crippen LogP contribution in [0.2, 0.25) is 0 Å². The van der Waals surface area contributed by atoms with Crippen LogP contribution in [0.25, 0.3) is 0 Å².